The zero-order valence-electron chi connectivity index (χ0n) is 21.7. The van der Waals surface area contributed by atoms with Crippen molar-refractivity contribution in [2.45, 2.75) is 99.3 Å². The molecule has 7 nitrogen and oxygen atoms in total. The van der Waals surface area contributed by atoms with Crippen molar-refractivity contribution in [1.82, 2.24) is 20.5 Å². The van der Waals surface area contributed by atoms with Gasteiger partial charge in [-0.3, -0.25) is 5.10 Å². The van der Waals surface area contributed by atoms with Gasteiger partial charge in [-0.25, -0.2) is 9.78 Å². The molecule has 2 aromatic heterocycles. The Balaban J connectivity index is 1.20. The molecular formula is C28H35N5O2S2. The van der Waals surface area contributed by atoms with Crippen molar-refractivity contribution in [3.63, 3.8) is 0 Å². The van der Waals surface area contributed by atoms with E-state index in [1.165, 1.54) is 33.2 Å². The number of aryl methyl sites for hydroxylation is 1. The van der Waals surface area contributed by atoms with Crippen molar-refractivity contribution in [3.05, 3.63) is 41.2 Å². The number of benzene rings is 1. The monoisotopic (exact) mass is 537 g/mol. The first-order chi connectivity index (χ1) is 17.8. The predicted molar refractivity (Wildman–Crippen MR) is 150 cm³/mol. The van der Waals surface area contributed by atoms with Gasteiger partial charge in [0, 0.05) is 50.3 Å². The Labute approximate surface area is 226 Å². The number of fused-ring (bicyclic) bond motifs is 3. The zero-order chi connectivity index (χ0) is 25.6. The number of carbonyl (C=O) groups excluding carboxylic acids is 1. The maximum absolute atomic E-state index is 12.3. The van der Waals surface area contributed by atoms with Gasteiger partial charge in [0.05, 0.1) is 16.0 Å². The summed E-state index contributed by atoms with van der Waals surface area (Å²) in [6.07, 6.45) is 10.5. The second-order valence-electron chi connectivity index (χ2n) is 11.3. The van der Waals surface area contributed by atoms with Crippen LogP contribution in [-0.4, -0.2) is 38.2 Å². The van der Waals surface area contributed by atoms with Crippen LogP contribution in [0.3, 0.4) is 0 Å². The van der Waals surface area contributed by atoms with Crippen molar-refractivity contribution in [2.75, 3.05) is 5.32 Å². The first-order valence-electron chi connectivity index (χ1n) is 13.4. The number of thioether (sulfide) groups is 1. The van der Waals surface area contributed by atoms with Crippen LogP contribution < -0.4 is 10.6 Å². The fourth-order valence-corrected chi connectivity index (χ4v) is 8.22. The zero-order valence-corrected chi connectivity index (χ0v) is 23.4. The average molecular weight is 538 g/mol. The standard InChI is InChI=1S/C28H35N5O2S2/c1-17(2)35-26(34)31-28-11-8-27(9-12-28,10-13-28)25-29-16-23(37-25)21-7-4-19(15-22(21)36-20-5-6-20)30-24-14-18(3)32-33-24/h4,7,14-17,20H,5-6,8-13H2,1-3H3,(H,31,34)(H2,30,32,33). The number of hydrogen-bond acceptors (Lipinski definition) is 7. The van der Waals surface area contributed by atoms with Crippen molar-refractivity contribution >= 4 is 40.7 Å². The van der Waals surface area contributed by atoms with Gasteiger partial charge >= 0.3 is 6.09 Å². The summed E-state index contributed by atoms with van der Waals surface area (Å²) in [5.41, 5.74) is 3.40. The number of aromatic nitrogens is 3. The lowest BCUT2D eigenvalue weighted by atomic mass is 9.57. The number of hydrogen-bond donors (Lipinski definition) is 3. The van der Waals surface area contributed by atoms with E-state index in [1.807, 2.05) is 49.9 Å². The van der Waals surface area contributed by atoms with E-state index in [9.17, 15) is 4.79 Å². The molecule has 0 atom stereocenters. The van der Waals surface area contributed by atoms with E-state index in [0.29, 0.717) is 5.25 Å². The van der Waals surface area contributed by atoms with Crippen molar-refractivity contribution in [2.24, 2.45) is 0 Å². The predicted octanol–water partition coefficient (Wildman–Crippen LogP) is 7.32. The molecule has 196 valence electrons. The lowest BCUT2D eigenvalue weighted by Gasteiger charge is -2.52. The highest BCUT2D eigenvalue weighted by atomic mass is 32.2. The molecule has 4 saturated carbocycles. The first-order valence-corrected chi connectivity index (χ1v) is 15.1. The van der Waals surface area contributed by atoms with Crippen molar-refractivity contribution in [1.29, 1.82) is 0 Å². The summed E-state index contributed by atoms with van der Waals surface area (Å²) in [5, 5.41) is 15.9. The number of amides is 1. The van der Waals surface area contributed by atoms with Crippen LogP contribution >= 0.6 is 23.1 Å². The van der Waals surface area contributed by atoms with Gasteiger partial charge in [-0.2, -0.15) is 5.10 Å². The normalized spacial score (nSPS) is 24.9. The summed E-state index contributed by atoms with van der Waals surface area (Å²) in [6, 6.07) is 8.66. The lowest BCUT2D eigenvalue weighted by Crippen LogP contribution is -2.58. The molecule has 4 fully saturated rings. The molecule has 0 radical (unpaired) electrons. The largest absolute Gasteiger partial charge is 0.447 e. The third-order valence-electron chi connectivity index (χ3n) is 7.96. The van der Waals surface area contributed by atoms with Crippen LogP contribution in [0, 0.1) is 6.92 Å². The second-order valence-corrected chi connectivity index (χ2v) is 13.6. The third kappa shape index (κ3) is 5.25. The number of ether oxygens (including phenoxy) is 1. The summed E-state index contributed by atoms with van der Waals surface area (Å²) in [6.45, 7) is 5.79. The van der Waals surface area contributed by atoms with Crippen LogP contribution in [-0.2, 0) is 10.2 Å². The Morgan fingerprint density at radius 2 is 1.92 bits per heavy atom. The summed E-state index contributed by atoms with van der Waals surface area (Å²) >= 11 is 3.85. The number of alkyl carbamates (subject to hydrolysis) is 1. The molecule has 7 rings (SSSR count). The van der Waals surface area contributed by atoms with Gasteiger partial charge in [0.2, 0.25) is 0 Å². The highest BCUT2D eigenvalue weighted by Gasteiger charge is 2.51. The highest BCUT2D eigenvalue weighted by molar-refractivity contribution is 8.00. The van der Waals surface area contributed by atoms with Crippen LogP contribution in [0.1, 0.15) is 75.9 Å². The lowest BCUT2D eigenvalue weighted by molar-refractivity contribution is 0.0560. The molecule has 3 N–H and O–H groups in total. The summed E-state index contributed by atoms with van der Waals surface area (Å²) in [5.74, 6) is 0.837. The molecule has 2 heterocycles. The van der Waals surface area contributed by atoms with Crippen LogP contribution in [0.2, 0.25) is 0 Å². The van der Waals surface area contributed by atoms with Gasteiger partial charge < -0.3 is 15.4 Å². The molecule has 4 aliphatic rings. The molecule has 3 aromatic rings. The minimum Gasteiger partial charge on any atom is -0.447 e. The van der Waals surface area contributed by atoms with E-state index in [-0.39, 0.29) is 23.2 Å². The Bertz CT molecular complexity index is 1270. The first kappa shape index (κ1) is 24.8. The highest BCUT2D eigenvalue weighted by Crippen LogP contribution is 2.55. The molecule has 37 heavy (non-hydrogen) atoms. The number of nitrogens with one attached hydrogen (secondary N) is 3. The van der Waals surface area contributed by atoms with Crippen LogP contribution in [0.4, 0.5) is 16.3 Å². The van der Waals surface area contributed by atoms with Crippen molar-refractivity contribution in [3.8, 4) is 10.4 Å². The van der Waals surface area contributed by atoms with Gasteiger partial charge in [0.1, 0.15) is 0 Å². The van der Waals surface area contributed by atoms with Crippen LogP contribution in [0.15, 0.2) is 35.4 Å². The molecule has 0 aliphatic heterocycles. The van der Waals surface area contributed by atoms with E-state index in [4.69, 9.17) is 9.72 Å². The molecule has 1 amide bonds. The SMILES string of the molecule is Cc1cc(Nc2ccc(-c3cnc(C45CCC(NC(=O)OC(C)C)(CC4)CC5)s3)c(SC3CC3)c2)n[nH]1. The molecule has 2 bridgehead atoms. The number of H-pyrrole nitrogens is 1. The van der Waals surface area contributed by atoms with Crippen LogP contribution in [0.5, 0.6) is 0 Å². The number of thiazole rings is 1. The Hall–Kier alpha value is -2.52. The van der Waals surface area contributed by atoms with Gasteiger partial charge in [-0.05, 0) is 84.3 Å². The number of rotatable bonds is 8. The third-order valence-corrected chi connectivity index (χ3v) is 10.6. The Kier molecular flexibility index (Phi) is 6.47. The average Bonchev–Trinajstić information content (AvgIpc) is 3.36. The van der Waals surface area contributed by atoms with E-state index >= 15 is 0 Å². The van der Waals surface area contributed by atoms with Gasteiger partial charge in [-0.15, -0.1) is 23.1 Å². The van der Waals surface area contributed by atoms with Crippen LogP contribution in [0.25, 0.3) is 10.4 Å². The smallest absolute Gasteiger partial charge is 0.407 e. The number of nitrogens with zero attached hydrogens (tertiary/aromatic N) is 2. The van der Waals surface area contributed by atoms with E-state index < -0.39 is 0 Å². The van der Waals surface area contributed by atoms with Crippen molar-refractivity contribution < 1.29 is 9.53 Å². The summed E-state index contributed by atoms with van der Waals surface area (Å²) < 4.78 is 5.37. The Morgan fingerprint density at radius 1 is 1.16 bits per heavy atom. The number of carbonyl (C=O) groups is 1. The maximum atomic E-state index is 12.3. The van der Waals surface area contributed by atoms with Gasteiger partial charge in [0.25, 0.3) is 0 Å². The minimum absolute atomic E-state index is 0.0984. The molecule has 0 unspecified atom stereocenters. The molecule has 0 saturated heterocycles. The molecule has 9 heteroatoms. The second kappa shape index (κ2) is 9.66. The molecular weight excluding hydrogens is 502 g/mol. The molecule has 4 aliphatic carbocycles. The molecule has 0 spiro atoms. The fraction of sp³-hybridized carbons (Fsp3) is 0.536. The quantitative estimate of drug-likeness (QED) is 0.279. The van der Waals surface area contributed by atoms with E-state index in [2.05, 4.69) is 45.2 Å². The minimum atomic E-state index is -0.276. The van der Waals surface area contributed by atoms with E-state index in [0.717, 1.165) is 55.7 Å². The van der Waals surface area contributed by atoms with E-state index in [1.54, 1.807) is 0 Å². The summed E-state index contributed by atoms with van der Waals surface area (Å²) in [7, 11) is 0. The number of anilines is 2. The fourth-order valence-electron chi connectivity index (χ4n) is 5.69. The maximum Gasteiger partial charge on any atom is 0.407 e. The molecule has 1 aromatic carbocycles. The van der Waals surface area contributed by atoms with Gasteiger partial charge in [0.15, 0.2) is 5.82 Å². The number of aromatic amines is 1. The van der Waals surface area contributed by atoms with Gasteiger partial charge in [-0.1, -0.05) is 6.07 Å². The topological polar surface area (TPSA) is 91.9 Å². The Morgan fingerprint density at radius 3 is 2.57 bits per heavy atom. The summed E-state index contributed by atoms with van der Waals surface area (Å²) in [4.78, 5) is 19.9.